The molecule has 2 N–H and O–H groups in total. The van der Waals surface area contributed by atoms with Gasteiger partial charge in [-0.15, -0.1) is 0 Å². The summed E-state index contributed by atoms with van der Waals surface area (Å²) in [5.41, 5.74) is 4.34. The number of nitrogens with zero attached hydrogens (tertiary/aromatic N) is 1. The summed E-state index contributed by atoms with van der Waals surface area (Å²) in [4.78, 5) is 20.9. The molecule has 0 spiro atoms. The van der Waals surface area contributed by atoms with E-state index >= 15 is 0 Å². The number of methoxy groups -OCH3 is 2. The summed E-state index contributed by atoms with van der Waals surface area (Å²) in [6, 6.07) is 15.2. The molecule has 180 valence electrons. The number of hydrogen-bond donors (Lipinski definition) is 2. The van der Waals surface area contributed by atoms with Gasteiger partial charge in [-0.3, -0.25) is 9.00 Å². The molecule has 0 bridgehead atoms. The molecule has 1 unspecified atom stereocenters. The Bertz CT molecular complexity index is 1410. The van der Waals surface area contributed by atoms with Gasteiger partial charge < -0.3 is 19.8 Å². The topological polar surface area (TPSA) is 93.3 Å². The number of carbonyl (C=O) groups is 1. The van der Waals surface area contributed by atoms with Gasteiger partial charge in [0.25, 0.3) is 0 Å². The fraction of sp³-hybridized carbons (Fsp3) is 0.185. The van der Waals surface area contributed by atoms with Crippen LogP contribution < -0.4 is 14.8 Å². The van der Waals surface area contributed by atoms with Gasteiger partial charge in [-0.25, -0.2) is 4.98 Å². The van der Waals surface area contributed by atoms with Gasteiger partial charge in [0.05, 0.1) is 25.0 Å². The predicted octanol–water partition coefficient (Wildman–Crippen LogP) is 4.70. The number of fused-ring (bicyclic) bond motifs is 1. The fourth-order valence-electron chi connectivity index (χ4n) is 3.71. The third-order valence-electron chi connectivity index (χ3n) is 5.58. The average Bonchev–Trinajstić information content (AvgIpc) is 3.32. The van der Waals surface area contributed by atoms with Crippen molar-refractivity contribution in [1.29, 1.82) is 0 Å². The van der Waals surface area contributed by atoms with Gasteiger partial charge in [0.1, 0.15) is 5.65 Å². The van der Waals surface area contributed by atoms with E-state index in [1.54, 1.807) is 26.5 Å². The average molecular weight is 490 g/mol. The van der Waals surface area contributed by atoms with Gasteiger partial charge in [-0.1, -0.05) is 25.1 Å². The van der Waals surface area contributed by atoms with Crippen LogP contribution in [-0.4, -0.2) is 40.1 Å². The van der Waals surface area contributed by atoms with Crippen LogP contribution in [0.15, 0.2) is 71.9 Å². The highest BCUT2D eigenvalue weighted by Gasteiger charge is 2.09. The number of amides is 1. The predicted molar refractivity (Wildman–Crippen MR) is 139 cm³/mol. The molecule has 2 heterocycles. The van der Waals surface area contributed by atoms with Crippen molar-refractivity contribution in [2.75, 3.05) is 20.0 Å². The summed E-state index contributed by atoms with van der Waals surface area (Å²) in [5, 5.41) is 3.78. The van der Waals surface area contributed by atoms with Gasteiger partial charge in [0, 0.05) is 52.2 Å². The number of ether oxygens (including phenoxy) is 2. The first-order valence-corrected chi connectivity index (χ1v) is 12.5. The minimum atomic E-state index is -1.02. The first-order valence-electron chi connectivity index (χ1n) is 11.1. The van der Waals surface area contributed by atoms with Gasteiger partial charge in [0.2, 0.25) is 5.91 Å². The Balaban J connectivity index is 1.49. The molecule has 2 aromatic heterocycles. The second-order valence-corrected chi connectivity index (χ2v) is 9.51. The summed E-state index contributed by atoms with van der Waals surface area (Å²) in [6.45, 7) is 2.26. The number of benzene rings is 2. The summed E-state index contributed by atoms with van der Waals surface area (Å²) in [7, 11) is 2.14. The molecule has 0 saturated carbocycles. The van der Waals surface area contributed by atoms with Crippen molar-refractivity contribution in [1.82, 2.24) is 15.3 Å². The Kier molecular flexibility index (Phi) is 7.62. The Labute approximate surface area is 206 Å². The maximum Gasteiger partial charge on any atom is 0.244 e. The van der Waals surface area contributed by atoms with Crippen LogP contribution in [0.3, 0.4) is 0 Å². The highest BCUT2D eigenvalue weighted by molar-refractivity contribution is 7.85. The van der Waals surface area contributed by atoms with E-state index in [1.807, 2.05) is 61.7 Å². The van der Waals surface area contributed by atoms with Crippen molar-refractivity contribution in [3.05, 3.63) is 78.1 Å². The number of nitrogens with one attached hydrogen (secondary N) is 2. The Morgan fingerprint density at radius 3 is 2.69 bits per heavy atom. The maximum atomic E-state index is 12.4. The normalized spacial score (nSPS) is 12.1. The molecule has 1 atom stereocenters. The van der Waals surface area contributed by atoms with Crippen molar-refractivity contribution in [2.24, 2.45) is 0 Å². The quantitative estimate of drug-likeness (QED) is 0.332. The maximum absolute atomic E-state index is 12.4. The molecule has 0 aliphatic rings. The van der Waals surface area contributed by atoms with Crippen LogP contribution in [0.5, 0.6) is 11.5 Å². The minimum Gasteiger partial charge on any atom is -0.493 e. The van der Waals surface area contributed by atoms with Crippen LogP contribution in [0.25, 0.3) is 28.2 Å². The van der Waals surface area contributed by atoms with E-state index in [-0.39, 0.29) is 5.91 Å². The molecule has 8 heteroatoms. The summed E-state index contributed by atoms with van der Waals surface area (Å²) >= 11 is 0. The number of aromatic amines is 1. The zero-order valence-corrected chi connectivity index (χ0v) is 20.6. The molecule has 35 heavy (non-hydrogen) atoms. The second kappa shape index (κ2) is 11.0. The minimum absolute atomic E-state index is 0.215. The van der Waals surface area contributed by atoms with E-state index in [4.69, 9.17) is 9.47 Å². The van der Waals surface area contributed by atoms with Crippen molar-refractivity contribution in [3.63, 3.8) is 0 Å². The van der Waals surface area contributed by atoms with Gasteiger partial charge in [-0.05, 0) is 47.5 Å². The SMILES string of the molecule is CCS(=O)c1cccc(-c2cnc3[nH]cc(/C=C/C(=O)NCc4ccc(OC)c(OC)c4)c3c2)c1. The van der Waals surface area contributed by atoms with E-state index in [2.05, 4.69) is 15.3 Å². The number of H-pyrrole nitrogens is 1. The fourth-order valence-corrected chi connectivity index (χ4v) is 4.53. The lowest BCUT2D eigenvalue weighted by Crippen LogP contribution is -2.20. The van der Waals surface area contributed by atoms with Crippen LogP contribution in [-0.2, 0) is 22.1 Å². The van der Waals surface area contributed by atoms with E-state index < -0.39 is 10.8 Å². The van der Waals surface area contributed by atoms with Crippen molar-refractivity contribution in [2.45, 2.75) is 18.4 Å². The van der Waals surface area contributed by atoms with Crippen molar-refractivity contribution in [3.8, 4) is 22.6 Å². The van der Waals surface area contributed by atoms with Crippen LogP contribution in [0.2, 0.25) is 0 Å². The zero-order valence-electron chi connectivity index (χ0n) is 19.8. The van der Waals surface area contributed by atoms with Crippen molar-refractivity contribution < 1.29 is 18.5 Å². The molecular formula is C27H27N3O4S. The molecule has 0 radical (unpaired) electrons. The summed E-state index contributed by atoms with van der Waals surface area (Å²) in [5.74, 6) is 1.61. The van der Waals surface area contributed by atoms with E-state index in [0.29, 0.717) is 23.8 Å². The number of hydrogen-bond acceptors (Lipinski definition) is 5. The van der Waals surface area contributed by atoms with Crippen LogP contribution in [0.1, 0.15) is 18.1 Å². The lowest BCUT2D eigenvalue weighted by molar-refractivity contribution is -0.116. The van der Waals surface area contributed by atoms with Crippen LogP contribution in [0.4, 0.5) is 0 Å². The summed E-state index contributed by atoms with van der Waals surface area (Å²) in [6.07, 6.45) is 6.87. The number of aromatic nitrogens is 2. The second-order valence-electron chi connectivity index (χ2n) is 7.77. The molecule has 4 rings (SSSR count). The lowest BCUT2D eigenvalue weighted by Gasteiger charge is -2.09. The highest BCUT2D eigenvalue weighted by Crippen LogP contribution is 2.28. The van der Waals surface area contributed by atoms with Gasteiger partial charge in [-0.2, -0.15) is 0 Å². The Hall–Kier alpha value is -3.91. The number of rotatable bonds is 9. The third-order valence-corrected chi connectivity index (χ3v) is 6.89. The monoisotopic (exact) mass is 489 g/mol. The Morgan fingerprint density at radius 2 is 1.91 bits per heavy atom. The highest BCUT2D eigenvalue weighted by atomic mass is 32.2. The van der Waals surface area contributed by atoms with Crippen LogP contribution in [0, 0.1) is 0 Å². The number of carbonyl (C=O) groups excluding carboxylic acids is 1. The zero-order chi connectivity index (χ0) is 24.8. The van der Waals surface area contributed by atoms with E-state index in [1.165, 1.54) is 6.08 Å². The molecule has 7 nitrogen and oxygen atoms in total. The molecule has 0 saturated heterocycles. The molecule has 4 aromatic rings. The number of pyridine rings is 1. The molecule has 0 aliphatic carbocycles. The van der Waals surface area contributed by atoms with Crippen LogP contribution >= 0.6 is 0 Å². The lowest BCUT2D eigenvalue weighted by atomic mass is 10.1. The smallest absolute Gasteiger partial charge is 0.244 e. The largest absolute Gasteiger partial charge is 0.493 e. The van der Waals surface area contributed by atoms with E-state index in [0.717, 1.165) is 38.2 Å². The van der Waals surface area contributed by atoms with E-state index in [9.17, 15) is 9.00 Å². The first kappa shape index (κ1) is 24.2. The molecule has 1 amide bonds. The van der Waals surface area contributed by atoms with Crippen molar-refractivity contribution >= 4 is 33.8 Å². The summed E-state index contributed by atoms with van der Waals surface area (Å²) < 4.78 is 22.8. The van der Waals surface area contributed by atoms with Gasteiger partial charge >= 0.3 is 0 Å². The molecule has 2 aromatic carbocycles. The molecular weight excluding hydrogens is 462 g/mol. The Morgan fingerprint density at radius 1 is 1.09 bits per heavy atom. The molecule has 0 fully saturated rings. The first-order chi connectivity index (χ1) is 17.0. The van der Waals surface area contributed by atoms with Gasteiger partial charge in [0.15, 0.2) is 11.5 Å². The third kappa shape index (κ3) is 5.60. The molecule has 0 aliphatic heterocycles. The standard InChI is InChI=1S/C27H27N3O4S/c1-4-35(32)22-7-5-6-19(13-22)21-14-23-20(16-29-27(23)30-17-21)9-11-26(31)28-15-18-8-10-24(33-2)25(12-18)34-3/h5-14,16-17H,4,15H2,1-3H3,(H,28,31)(H,29,30)/b11-9+.